The van der Waals surface area contributed by atoms with Gasteiger partial charge < -0.3 is 15.2 Å². The van der Waals surface area contributed by atoms with E-state index in [1.807, 2.05) is 0 Å². The molecule has 0 aromatic heterocycles. The summed E-state index contributed by atoms with van der Waals surface area (Å²) in [6, 6.07) is 12.7. The molecule has 0 aliphatic rings. The molecule has 0 saturated carbocycles. The average Bonchev–Trinajstić information content (AvgIpc) is 2.48. The number of ether oxygens (including phenoxy) is 1. The van der Waals surface area contributed by atoms with Crippen LogP contribution in [0.1, 0.15) is 31.1 Å². The minimum atomic E-state index is -0.632. The Hall–Kier alpha value is -3.02. The Morgan fingerprint density at radius 1 is 0.958 bits per heavy atom. The normalized spacial score (nSPS) is 10.8. The Morgan fingerprint density at radius 3 is 2.21 bits per heavy atom. The molecule has 0 atom stereocenters. The molecule has 0 fully saturated rings. The Balaban J connectivity index is 2.14. The van der Waals surface area contributed by atoms with Gasteiger partial charge in [0.05, 0.1) is 11.3 Å². The fraction of sp³-hybridized carbons (Fsp3) is 0.222. The monoisotopic (exact) mass is 328 g/mol. The maximum Gasteiger partial charge on any atom is 0.412 e. The van der Waals surface area contributed by atoms with E-state index in [2.05, 4.69) is 10.6 Å². The number of anilines is 2. The first-order valence-electron chi connectivity index (χ1n) is 7.44. The van der Waals surface area contributed by atoms with Crippen molar-refractivity contribution in [1.29, 1.82) is 0 Å². The number of para-hydroxylation sites is 1. The quantitative estimate of drug-likeness (QED) is 0.743. The topological polar surface area (TPSA) is 87.7 Å². The molecular weight excluding hydrogens is 308 g/mol. The molecule has 0 aliphatic heterocycles. The number of aromatic hydroxyl groups is 1. The summed E-state index contributed by atoms with van der Waals surface area (Å²) < 4.78 is 5.20. The molecule has 6 heteroatoms. The van der Waals surface area contributed by atoms with E-state index in [-0.39, 0.29) is 11.7 Å². The van der Waals surface area contributed by atoms with Crippen molar-refractivity contribution in [2.75, 3.05) is 10.6 Å². The van der Waals surface area contributed by atoms with E-state index in [1.54, 1.807) is 57.2 Å². The molecule has 0 unspecified atom stereocenters. The number of hydrogen-bond acceptors (Lipinski definition) is 4. The lowest BCUT2D eigenvalue weighted by Gasteiger charge is -2.20. The Morgan fingerprint density at radius 2 is 1.58 bits per heavy atom. The molecule has 6 nitrogen and oxygen atoms in total. The van der Waals surface area contributed by atoms with Crippen molar-refractivity contribution in [2.45, 2.75) is 26.4 Å². The third-order valence-corrected chi connectivity index (χ3v) is 2.93. The minimum absolute atomic E-state index is 0.111. The summed E-state index contributed by atoms with van der Waals surface area (Å²) in [5.74, 6) is -0.271. The molecule has 2 aromatic rings. The van der Waals surface area contributed by atoms with Gasteiger partial charge >= 0.3 is 6.09 Å². The van der Waals surface area contributed by atoms with Crippen LogP contribution in [0.15, 0.2) is 48.5 Å². The van der Waals surface area contributed by atoms with Gasteiger partial charge in [0.25, 0.3) is 5.91 Å². The first-order valence-corrected chi connectivity index (χ1v) is 7.44. The molecule has 2 rings (SSSR count). The fourth-order valence-electron chi connectivity index (χ4n) is 1.95. The lowest BCUT2D eigenvalue weighted by atomic mass is 10.1. The number of amides is 2. The van der Waals surface area contributed by atoms with Gasteiger partial charge in [-0.3, -0.25) is 10.1 Å². The second-order valence-electron chi connectivity index (χ2n) is 6.17. The van der Waals surface area contributed by atoms with Crippen molar-refractivity contribution in [2.24, 2.45) is 0 Å². The van der Waals surface area contributed by atoms with Gasteiger partial charge in [-0.25, -0.2) is 4.79 Å². The number of carbonyl (C=O) groups excluding carboxylic acids is 2. The Labute approximate surface area is 140 Å². The number of carbonyl (C=O) groups is 2. The zero-order valence-electron chi connectivity index (χ0n) is 13.8. The highest BCUT2D eigenvalue weighted by Crippen LogP contribution is 2.20. The van der Waals surface area contributed by atoms with Crippen LogP contribution >= 0.6 is 0 Å². The highest BCUT2D eigenvalue weighted by atomic mass is 16.6. The van der Waals surface area contributed by atoms with E-state index in [0.29, 0.717) is 16.9 Å². The third kappa shape index (κ3) is 5.01. The van der Waals surface area contributed by atoms with Crippen molar-refractivity contribution in [3.05, 3.63) is 54.1 Å². The predicted octanol–water partition coefficient (Wildman–Crippen LogP) is 3.99. The lowest BCUT2D eigenvalue weighted by molar-refractivity contribution is 0.0636. The number of benzene rings is 2. The standard InChI is InChI=1S/C18H20N2O4/c1-18(2,3)24-17(23)20-15-7-5-4-6-14(15)16(22)19-12-8-10-13(21)11-9-12/h4-11,21H,1-3H3,(H,19,22)(H,20,23). The van der Waals surface area contributed by atoms with Crippen LogP contribution in [0.2, 0.25) is 0 Å². The van der Waals surface area contributed by atoms with Crippen molar-refractivity contribution in [1.82, 2.24) is 0 Å². The van der Waals surface area contributed by atoms with E-state index in [4.69, 9.17) is 4.74 Å². The molecule has 0 radical (unpaired) electrons. The zero-order chi connectivity index (χ0) is 17.7. The number of phenolic OH excluding ortho intramolecular Hbond substituents is 1. The van der Waals surface area contributed by atoms with Crippen LogP contribution in [0.5, 0.6) is 5.75 Å². The molecule has 0 spiro atoms. The van der Waals surface area contributed by atoms with Gasteiger partial charge in [0.1, 0.15) is 11.4 Å². The smallest absolute Gasteiger partial charge is 0.412 e. The zero-order valence-corrected chi connectivity index (χ0v) is 13.8. The van der Waals surface area contributed by atoms with E-state index < -0.39 is 11.7 Å². The average molecular weight is 328 g/mol. The van der Waals surface area contributed by atoms with Crippen LogP contribution < -0.4 is 10.6 Å². The summed E-state index contributed by atoms with van der Waals surface area (Å²) >= 11 is 0. The third-order valence-electron chi connectivity index (χ3n) is 2.93. The second kappa shape index (κ2) is 7.04. The Kier molecular flexibility index (Phi) is 5.08. The van der Waals surface area contributed by atoms with E-state index in [9.17, 15) is 14.7 Å². The van der Waals surface area contributed by atoms with Gasteiger partial charge in [0, 0.05) is 5.69 Å². The second-order valence-corrected chi connectivity index (χ2v) is 6.17. The molecule has 126 valence electrons. The van der Waals surface area contributed by atoms with Crippen molar-refractivity contribution in [3.8, 4) is 5.75 Å². The summed E-state index contributed by atoms with van der Waals surface area (Å²) in [4.78, 5) is 24.3. The molecule has 2 amide bonds. The van der Waals surface area contributed by atoms with Crippen LogP contribution in [0, 0.1) is 0 Å². The summed E-state index contributed by atoms with van der Waals surface area (Å²) in [5, 5.41) is 14.6. The molecular formula is C18H20N2O4. The van der Waals surface area contributed by atoms with Crippen molar-refractivity contribution in [3.63, 3.8) is 0 Å². The summed E-state index contributed by atoms with van der Waals surface area (Å²) in [5.41, 5.74) is 0.553. The van der Waals surface area contributed by atoms with Crippen molar-refractivity contribution < 1.29 is 19.4 Å². The molecule has 24 heavy (non-hydrogen) atoms. The number of hydrogen-bond donors (Lipinski definition) is 3. The lowest BCUT2D eigenvalue weighted by Crippen LogP contribution is -2.28. The molecule has 0 aliphatic carbocycles. The van der Waals surface area contributed by atoms with Crippen molar-refractivity contribution >= 4 is 23.4 Å². The first kappa shape index (κ1) is 17.3. The summed E-state index contributed by atoms with van der Waals surface area (Å²) in [6.07, 6.45) is -0.632. The molecule has 0 bridgehead atoms. The minimum Gasteiger partial charge on any atom is -0.508 e. The first-order chi connectivity index (χ1) is 11.2. The number of rotatable bonds is 3. The van der Waals surface area contributed by atoms with E-state index in [1.165, 1.54) is 12.1 Å². The summed E-state index contributed by atoms with van der Waals surface area (Å²) in [7, 11) is 0. The molecule has 0 heterocycles. The van der Waals surface area contributed by atoms with Gasteiger partial charge in [-0.05, 0) is 57.2 Å². The number of nitrogens with one attached hydrogen (secondary N) is 2. The Bertz CT molecular complexity index is 733. The van der Waals surface area contributed by atoms with Crippen LogP contribution in [-0.4, -0.2) is 22.7 Å². The maximum absolute atomic E-state index is 12.4. The SMILES string of the molecule is CC(C)(C)OC(=O)Nc1ccccc1C(=O)Nc1ccc(O)cc1. The van der Waals surface area contributed by atoms with Gasteiger partial charge in [-0.15, -0.1) is 0 Å². The highest BCUT2D eigenvalue weighted by molar-refractivity contribution is 6.09. The predicted molar refractivity (Wildman–Crippen MR) is 92.4 cm³/mol. The van der Waals surface area contributed by atoms with Gasteiger partial charge in [0.2, 0.25) is 0 Å². The molecule has 0 saturated heterocycles. The van der Waals surface area contributed by atoms with Gasteiger partial charge in [0.15, 0.2) is 0 Å². The highest BCUT2D eigenvalue weighted by Gasteiger charge is 2.18. The van der Waals surface area contributed by atoms with Crippen LogP contribution in [0.3, 0.4) is 0 Å². The van der Waals surface area contributed by atoms with E-state index in [0.717, 1.165) is 0 Å². The van der Waals surface area contributed by atoms with Crippen LogP contribution in [-0.2, 0) is 4.74 Å². The number of phenols is 1. The maximum atomic E-state index is 12.4. The largest absolute Gasteiger partial charge is 0.508 e. The van der Waals surface area contributed by atoms with E-state index >= 15 is 0 Å². The fourth-order valence-corrected chi connectivity index (χ4v) is 1.95. The van der Waals surface area contributed by atoms with Crippen LogP contribution in [0.25, 0.3) is 0 Å². The summed E-state index contributed by atoms with van der Waals surface area (Å²) in [6.45, 7) is 5.28. The van der Waals surface area contributed by atoms with Gasteiger partial charge in [-0.2, -0.15) is 0 Å². The molecule has 2 aromatic carbocycles. The van der Waals surface area contributed by atoms with Gasteiger partial charge in [-0.1, -0.05) is 12.1 Å². The molecule has 3 N–H and O–H groups in total. The van der Waals surface area contributed by atoms with Crippen LogP contribution in [0.4, 0.5) is 16.2 Å².